The van der Waals surface area contributed by atoms with Gasteiger partial charge in [0.15, 0.2) is 0 Å². The minimum atomic E-state index is 0.836. The molecule has 1 aromatic heterocycles. The fraction of sp³-hybridized carbons (Fsp3) is 0.0455. The number of aromatic amines is 1. The third kappa shape index (κ3) is 3.11. The molecule has 0 unspecified atom stereocenters. The Hall–Kier alpha value is -2.78. The maximum Gasteiger partial charge on any atom is 0.139 e. The Morgan fingerprint density at radius 3 is 2.08 bits per heavy atom. The van der Waals surface area contributed by atoms with Crippen molar-refractivity contribution in [2.45, 2.75) is 11.8 Å². The van der Waals surface area contributed by atoms with Crippen molar-refractivity contribution in [2.24, 2.45) is 0 Å². The zero-order valence-corrected chi connectivity index (χ0v) is 14.8. The van der Waals surface area contributed by atoms with Crippen LogP contribution in [0.3, 0.4) is 0 Å². The maximum absolute atomic E-state index is 4.91. The van der Waals surface area contributed by atoms with Crippen molar-refractivity contribution in [3.05, 3.63) is 84.4 Å². The first-order valence-corrected chi connectivity index (χ1v) is 8.68. The number of aromatic nitrogens is 2. The molecule has 1 heterocycles. The van der Waals surface area contributed by atoms with Gasteiger partial charge in [-0.25, -0.2) is 4.98 Å². The quantitative estimate of drug-likeness (QED) is 0.439. The smallest absolute Gasteiger partial charge is 0.139 e. The zero-order valence-electron chi connectivity index (χ0n) is 13.9. The summed E-state index contributed by atoms with van der Waals surface area (Å²) in [6.07, 6.45) is 0. The van der Waals surface area contributed by atoms with Crippen LogP contribution < -0.4 is 0 Å². The number of rotatable bonds is 3. The number of thiol groups is 1. The van der Waals surface area contributed by atoms with Crippen LogP contribution >= 0.6 is 12.6 Å². The lowest BCUT2D eigenvalue weighted by atomic mass is 10.1. The fourth-order valence-corrected chi connectivity index (χ4v) is 3.35. The molecule has 0 saturated heterocycles. The van der Waals surface area contributed by atoms with Gasteiger partial charge in [0.2, 0.25) is 0 Å². The molecule has 25 heavy (non-hydrogen) atoms. The van der Waals surface area contributed by atoms with Crippen LogP contribution in [0.2, 0.25) is 0 Å². The van der Waals surface area contributed by atoms with Crippen LogP contribution in [-0.2, 0) is 0 Å². The molecule has 0 spiro atoms. The summed E-state index contributed by atoms with van der Waals surface area (Å²) in [4.78, 5) is 9.35. The Bertz CT molecular complexity index is 948. The van der Waals surface area contributed by atoms with Crippen molar-refractivity contribution >= 4 is 12.6 Å². The summed E-state index contributed by atoms with van der Waals surface area (Å²) in [6.45, 7) is 2.07. The van der Waals surface area contributed by atoms with Crippen molar-refractivity contribution in [3.63, 3.8) is 0 Å². The van der Waals surface area contributed by atoms with E-state index in [4.69, 9.17) is 4.98 Å². The van der Waals surface area contributed by atoms with Crippen LogP contribution in [0.1, 0.15) is 5.56 Å². The predicted octanol–water partition coefficient (Wildman–Crippen LogP) is 6.01. The minimum Gasteiger partial charge on any atom is -0.337 e. The molecular weight excluding hydrogens is 324 g/mol. The van der Waals surface area contributed by atoms with Gasteiger partial charge < -0.3 is 4.98 Å². The largest absolute Gasteiger partial charge is 0.337 e. The van der Waals surface area contributed by atoms with Gasteiger partial charge in [0.25, 0.3) is 0 Å². The van der Waals surface area contributed by atoms with E-state index in [1.54, 1.807) is 0 Å². The van der Waals surface area contributed by atoms with E-state index in [2.05, 4.69) is 67.0 Å². The molecule has 1 N–H and O–H groups in total. The second-order valence-electron chi connectivity index (χ2n) is 6.06. The normalized spacial score (nSPS) is 10.8. The molecule has 4 aromatic rings. The van der Waals surface area contributed by atoms with Crippen LogP contribution in [0.15, 0.2) is 83.8 Å². The predicted molar refractivity (Wildman–Crippen MR) is 107 cm³/mol. The van der Waals surface area contributed by atoms with Gasteiger partial charge in [0.1, 0.15) is 5.82 Å². The SMILES string of the molecule is Cc1ccc(-c2nc(-c3ccccc3)c(-c3ccccc3)[nH]2)c(S)c1. The lowest BCUT2D eigenvalue weighted by Gasteiger charge is -2.03. The molecule has 0 aliphatic heterocycles. The molecule has 2 nitrogen and oxygen atoms in total. The monoisotopic (exact) mass is 342 g/mol. The third-order valence-electron chi connectivity index (χ3n) is 4.22. The van der Waals surface area contributed by atoms with E-state index in [1.165, 1.54) is 5.56 Å². The van der Waals surface area contributed by atoms with E-state index in [-0.39, 0.29) is 0 Å². The number of hydrogen-bond donors (Lipinski definition) is 2. The summed E-state index contributed by atoms with van der Waals surface area (Å²) in [5, 5.41) is 0. The van der Waals surface area contributed by atoms with Crippen molar-refractivity contribution in [1.29, 1.82) is 0 Å². The van der Waals surface area contributed by atoms with Crippen LogP contribution in [-0.4, -0.2) is 9.97 Å². The third-order valence-corrected chi connectivity index (χ3v) is 4.59. The number of H-pyrrole nitrogens is 1. The van der Waals surface area contributed by atoms with Gasteiger partial charge in [-0.2, -0.15) is 0 Å². The van der Waals surface area contributed by atoms with E-state index in [0.717, 1.165) is 38.8 Å². The van der Waals surface area contributed by atoms with Gasteiger partial charge in [-0.15, -0.1) is 12.6 Å². The molecule has 0 atom stereocenters. The van der Waals surface area contributed by atoms with E-state index in [0.29, 0.717) is 0 Å². The Labute approximate surface area is 153 Å². The molecule has 0 aliphatic rings. The van der Waals surface area contributed by atoms with Crippen molar-refractivity contribution < 1.29 is 0 Å². The molecule has 122 valence electrons. The maximum atomic E-state index is 4.91. The highest BCUT2D eigenvalue weighted by Crippen LogP contribution is 2.34. The highest BCUT2D eigenvalue weighted by molar-refractivity contribution is 7.80. The molecular formula is C22H18N2S. The number of aryl methyl sites for hydroxylation is 1. The molecule has 0 amide bonds. The van der Waals surface area contributed by atoms with Gasteiger partial charge in [-0.1, -0.05) is 66.7 Å². The highest BCUT2D eigenvalue weighted by atomic mass is 32.1. The second kappa shape index (κ2) is 6.61. The van der Waals surface area contributed by atoms with E-state index in [9.17, 15) is 0 Å². The van der Waals surface area contributed by atoms with Gasteiger partial charge in [-0.05, 0) is 24.6 Å². The first-order valence-electron chi connectivity index (χ1n) is 8.23. The molecule has 0 fully saturated rings. The molecule has 0 aliphatic carbocycles. The molecule has 0 bridgehead atoms. The average molecular weight is 342 g/mol. The number of nitrogens with one attached hydrogen (secondary N) is 1. The summed E-state index contributed by atoms with van der Waals surface area (Å²) in [5.41, 5.74) is 6.38. The van der Waals surface area contributed by atoms with Crippen LogP contribution in [0, 0.1) is 6.92 Å². The summed E-state index contributed by atoms with van der Waals surface area (Å²) in [6, 6.07) is 26.8. The summed E-state index contributed by atoms with van der Waals surface area (Å²) in [5.74, 6) is 0.836. The summed E-state index contributed by atoms with van der Waals surface area (Å²) in [7, 11) is 0. The van der Waals surface area contributed by atoms with Crippen LogP contribution in [0.5, 0.6) is 0 Å². The molecule has 3 aromatic carbocycles. The Morgan fingerprint density at radius 1 is 0.800 bits per heavy atom. The van der Waals surface area contributed by atoms with E-state index < -0.39 is 0 Å². The Kier molecular flexibility index (Phi) is 4.16. The van der Waals surface area contributed by atoms with Gasteiger partial charge in [0, 0.05) is 21.6 Å². The average Bonchev–Trinajstić information content (AvgIpc) is 3.08. The number of hydrogen-bond acceptors (Lipinski definition) is 2. The molecule has 3 heteroatoms. The number of imidazole rings is 1. The standard InChI is InChI=1S/C22H18N2S/c1-15-12-13-18(19(25)14-15)22-23-20(16-8-4-2-5-9-16)21(24-22)17-10-6-3-7-11-17/h2-14,25H,1H3,(H,23,24). The Morgan fingerprint density at radius 2 is 1.44 bits per heavy atom. The van der Waals surface area contributed by atoms with Gasteiger partial charge >= 0.3 is 0 Å². The van der Waals surface area contributed by atoms with Crippen molar-refractivity contribution in [1.82, 2.24) is 9.97 Å². The lowest BCUT2D eigenvalue weighted by Crippen LogP contribution is -1.84. The van der Waals surface area contributed by atoms with Crippen LogP contribution in [0.4, 0.5) is 0 Å². The second-order valence-corrected chi connectivity index (χ2v) is 6.54. The topological polar surface area (TPSA) is 28.7 Å². The first-order chi connectivity index (χ1) is 12.2. The van der Waals surface area contributed by atoms with Crippen molar-refractivity contribution in [3.8, 4) is 33.9 Å². The van der Waals surface area contributed by atoms with E-state index in [1.807, 2.05) is 36.4 Å². The van der Waals surface area contributed by atoms with Crippen LogP contribution in [0.25, 0.3) is 33.9 Å². The minimum absolute atomic E-state index is 0.836. The van der Waals surface area contributed by atoms with Gasteiger partial charge in [-0.3, -0.25) is 0 Å². The first kappa shape index (κ1) is 15.7. The highest BCUT2D eigenvalue weighted by Gasteiger charge is 2.16. The summed E-state index contributed by atoms with van der Waals surface area (Å²) >= 11 is 4.64. The van der Waals surface area contributed by atoms with Crippen molar-refractivity contribution in [2.75, 3.05) is 0 Å². The van der Waals surface area contributed by atoms with Gasteiger partial charge in [0.05, 0.1) is 11.4 Å². The molecule has 0 saturated carbocycles. The molecule has 4 rings (SSSR count). The lowest BCUT2D eigenvalue weighted by molar-refractivity contribution is 1.26. The fourth-order valence-electron chi connectivity index (χ4n) is 2.96. The number of nitrogens with zero attached hydrogens (tertiary/aromatic N) is 1. The summed E-state index contributed by atoms with van der Waals surface area (Å²) < 4.78 is 0. The van der Waals surface area contributed by atoms with E-state index >= 15 is 0 Å². The molecule has 0 radical (unpaired) electrons. The Balaban J connectivity index is 1.92. The number of benzene rings is 3. The zero-order chi connectivity index (χ0) is 17.2.